The van der Waals surface area contributed by atoms with Crippen molar-refractivity contribution in [3.63, 3.8) is 0 Å². The van der Waals surface area contributed by atoms with Crippen LogP contribution in [0.2, 0.25) is 0 Å². The molecule has 18 heavy (non-hydrogen) atoms. The van der Waals surface area contributed by atoms with Crippen LogP contribution in [0.4, 0.5) is 5.69 Å². The van der Waals surface area contributed by atoms with Crippen LogP contribution in [0.15, 0.2) is 42.5 Å². The number of hydrogen-bond acceptors (Lipinski definition) is 4. The van der Waals surface area contributed by atoms with E-state index < -0.39 is 0 Å². The van der Waals surface area contributed by atoms with Gasteiger partial charge in [0.1, 0.15) is 17.6 Å². The number of anilines is 1. The summed E-state index contributed by atoms with van der Waals surface area (Å²) in [6.07, 6.45) is 0. The fourth-order valence-electron chi connectivity index (χ4n) is 1.47. The molecule has 0 aliphatic carbocycles. The minimum Gasteiger partial charge on any atom is -0.457 e. The van der Waals surface area contributed by atoms with E-state index in [1.54, 1.807) is 42.5 Å². The largest absolute Gasteiger partial charge is 0.457 e. The van der Waals surface area contributed by atoms with E-state index in [-0.39, 0.29) is 0 Å². The predicted octanol–water partition coefficient (Wildman–Crippen LogP) is 2.80. The number of nitrogen functional groups attached to an aromatic ring is 1. The Labute approximate surface area is 104 Å². The van der Waals surface area contributed by atoms with E-state index in [9.17, 15) is 0 Å². The minimum absolute atomic E-state index is 0.367. The van der Waals surface area contributed by atoms with Gasteiger partial charge in [-0.15, -0.1) is 0 Å². The topological polar surface area (TPSA) is 82.8 Å². The van der Waals surface area contributed by atoms with Gasteiger partial charge in [-0.1, -0.05) is 6.07 Å². The molecule has 0 aliphatic rings. The highest BCUT2D eigenvalue weighted by Gasteiger charge is 2.02. The molecule has 2 rings (SSSR count). The molecule has 2 aromatic carbocycles. The maximum Gasteiger partial charge on any atom is 0.129 e. The van der Waals surface area contributed by atoms with Gasteiger partial charge in [-0.3, -0.25) is 0 Å². The Balaban J connectivity index is 2.27. The van der Waals surface area contributed by atoms with Crippen molar-refractivity contribution in [3.05, 3.63) is 53.6 Å². The Bertz CT molecular complexity index is 665. The predicted molar refractivity (Wildman–Crippen MR) is 66.8 cm³/mol. The second-order valence-electron chi connectivity index (χ2n) is 3.60. The normalized spacial score (nSPS) is 9.22. The van der Waals surface area contributed by atoms with Crippen LogP contribution in [0.1, 0.15) is 11.1 Å². The fraction of sp³-hybridized carbons (Fsp3) is 0. The maximum absolute atomic E-state index is 8.78. The van der Waals surface area contributed by atoms with Gasteiger partial charge in [-0.05, 0) is 30.3 Å². The summed E-state index contributed by atoms with van der Waals surface area (Å²) in [5, 5.41) is 17.5. The molecule has 0 unspecified atom stereocenters. The Morgan fingerprint density at radius 2 is 1.72 bits per heavy atom. The van der Waals surface area contributed by atoms with Gasteiger partial charge in [0.25, 0.3) is 0 Å². The van der Waals surface area contributed by atoms with E-state index in [1.807, 2.05) is 12.1 Å². The number of nitrogens with zero attached hydrogens (tertiary/aromatic N) is 2. The Morgan fingerprint density at radius 1 is 0.944 bits per heavy atom. The van der Waals surface area contributed by atoms with Crippen molar-refractivity contribution in [2.75, 3.05) is 5.73 Å². The summed E-state index contributed by atoms with van der Waals surface area (Å²) in [6, 6.07) is 15.7. The lowest BCUT2D eigenvalue weighted by molar-refractivity contribution is 0.483. The van der Waals surface area contributed by atoms with E-state index in [1.165, 1.54) is 0 Å². The first-order chi connectivity index (χ1) is 8.72. The van der Waals surface area contributed by atoms with E-state index in [2.05, 4.69) is 0 Å². The van der Waals surface area contributed by atoms with Crippen LogP contribution in [0.25, 0.3) is 0 Å². The molecule has 4 heteroatoms. The summed E-state index contributed by atoms with van der Waals surface area (Å²) in [5.74, 6) is 1.08. The lowest BCUT2D eigenvalue weighted by Crippen LogP contribution is -1.92. The van der Waals surface area contributed by atoms with Crippen LogP contribution in [0, 0.1) is 22.7 Å². The van der Waals surface area contributed by atoms with E-state index in [4.69, 9.17) is 21.0 Å². The van der Waals surface area contributed by atoms with E-state index in [0.29, 0.717) is 28.3 Å². The third-order valence-corrected chi connectivity index (χ3v) is 2.34. The van der Waals surface area contributed by atoms with Crippen molar-refractivity contribution in [2.45, 2.75) is 0 Å². The van der Waals surface area contributed by atoms with Crippen molar-refractivity contribution >= 4 is 5.69 Å². The van der Waals surface area contributed by atoms with Crippen LogP contribution >= 0.6 is 0 Å². The summed E-state index contributed by atoms with van der Waals surface area (Å²) >= 11 is 0. The fourth-order valence-corrected chi connectivity index (χ4v) is 1.47. The lowest BCUT2D eigenvalue weighted by Gasteiger charge is -2.07. The molecule has 0 aromatic heterocycles. The summed E-state index contributed by atoms with van der Waals surface area (Å²) in [7, 11) is 0. The van der Waals surface area contributed by atoms with Gasteiger partial charge in [0.2, 0.25) is 0 Å². The van der Waals surface area contributed by atoms with E-state index in [0.717, 1.165) is 0 Å². The zero-order valence-corrected chi connectivity index (χ0v) is 9.42. The highest BCUT2D eigenvalue weighted by Crippen LogP contribution is 2.25. The lowest BCUT2D eigenvalue weighted by atomic mass is 10.2. The summed E-state index contributed by atoms with van der Waals surface area (Å²) in [6.45, 7) is 0. The third kappa shape index (κ3) is 2.40. The van der Waals surface area contributed by atoms with Crippen molar-refractivity contribution < 1.29 is 4.74 Å². The average molecular weight is 235 g/mol. The number of nitrogens with two attached hydrogens (primary N) is 1. The molecule has 0 radical (unpaired) electrons. The van der Waals surface area contributed by atoms with Crippen LogP contribution in [0.5, 0.6) is 11.5 Å². The quantitative estimate of drug-likeness (QED) is 0.811. The highest BCUT2D eigenvalue weighted by molar-refractivity contribution is 5.57. The molecule has 0 heterocycles. The second-order valence-corrected chi connectivity index (χ2v) is 3.60. The zero-order valence-electron chi connectivity index (χ0n) is 9.42. The average Bonchev–Trinajstić information content (AvgIpc) is 2.39. The van der Waals surface area contributed by atoms with Gasteiger partial charge in [0, 0.05) is 6.07 Å². The van der Waals surface area contributed by atoms with Crippen LogP contribution in [0.3, 0.4) is 0 Å². The van der Waals surface area contributed by atoms with Gasteiger partial charge in [-0.2, -0.15) is 10.5 Å². The first kappa shape index (κ1) is 11.5. The van der Waals surface area contributed by atoms with Crippen molar-refractivity contribution in [2.24, 2.45) is 0 Å². The molecule has 0 spiro atoms. The number of hydrogen-bond donors (Lipinski definition) is 1. The Kier molecular flexibility index (Phi) is 3.13. The SMILES string of the molecule is N#Cc1cccc(Oc2ccc(C#N)c(N)c2)c1. The number of nitriles is 2. The Hall–Kier alpha value is -2.98. The van der Waals surface area contributed by atoms with Gasteiger partial charge < -0.3 is 10.5 Å². The maximum atomic E-state index is 8.78. The number of rotatable bonds is 2. The monoisotopic (exact) mass is 235 g/mol. The van der Waals surface area contributed by atoms with Crippen molar-refractivity contribution in [1.29, 1.82) is 10.5 Å². The first-order valence-corrected chi connectivity index (χ1v) is 5.20. The molecule has 2 aromatic rings. The molecule has 0 aliphatic heterocycles. The molecule has 86 valence electrons. The molecular formula is C14H9N3O. The van der Waals surface area contributed by atoms with Crippen LogP contribution < -0.4 is 10.5 Å². The molecule has 0 saturated carbocycles. The molecule has 0 saturated heterocycles. The van der Waals surface area contributed by atoms with Gasteiger partial charge in [-0.25, -0.2) is 0 Å². The Morgan fingerprint density at radius 3 is 2.39 bits per heavy atom. The van der Waals surface area contributed by atoms with Gasteiger partial charge in [0.15, 0.2) is 0 Å². The zero-order chi connectivity index (χ0) is 13.0. The molecular weight excluding hydrogens is 226 g/mol. The van der Waals surface area contributed by atoms with Crippen molar-refractivity contribution in [1.82, 2.24) is 0 Å². The van der Waals surface area contributed by atoms with Crippen LogP contribution in [-0.4, -0.2) is 0 Å². The molecule has 2 N–H and O–H groups in total. The smallest absolute Gasteiger partial charge is 0.129 e. The summed E-state index contributed by atoms with van der Waals surface area (Å²) < 4.78 is 5.56. The summed E-state index contributed by atoms with van der Waals surface area (Å²) in [4.78, 5) is 0. The third-order valence-electron chi connectivity index (χ3n) is 2.34. The number of ether oxygens (including phenoxy) is 1. The van der Waals surface area contributed by atoms with Gasteiger partial charge >= 0.3 is 0 Å². The standard InChI is InChI=1S/C14H9N3O/c15-8-10-2-1-3-12(6-10)18-13-5-4-11(9-16)14(17)7-13/h1-7H,17H2. The molecule has 0 amide bonds. The van der Waals surface area contributed by atoms with Gasteiger partial charge in [0.05, 0.1) is 22.9 Å². The summed E-state index contributed by atoms with van der Waals surface area (Å²) in [5.41, 5.74) is 6.99. The van der Waals surface area contributed by atoms with E-state index >= 15 is 0 Å². The minimum atomic E-state index is 0.367. The second kappa shape index (κ2) is 4.90. The molecule has 4 nitrogen and oxygen atoms in total. The van der Waals surface area contributed by atoms with Crippen LogP contribution in [-0.2, 0) is 0 Å². The molecule has 0 bridgehead atoms. The first-order valence-electron chi connectivity index (χ1n) is 5.20. The molecule has 0 atom stereocenters. The number of benzene rings is 2. The highest BCUT2D eigenvalue weighted by atomic mass is 16.5. The van der Waals surface area contributed by atoms with Crippen molar-refractivity contribution in [3.8, 4) is 23.6 Å². The molecule has 0 fully saturated rings.